The van der Waals surface area contributed by atoms with Gasteiger partial charge in [-0.3, -0.25) is 4.79 Å². The van der Waals surface area contributed by atoms with Gasteiger partial charge in [-0.25, -0.2) is 0 Å². The number of phenolic OH excluding ortho intramolecular Hbond substituents is 1. The first-order chi connectivity index (χ1) is 9.51. The Labute approximate surface area is 118 Å². The molecule has 20 heavy (non-hydrogen) atoms. The number of nitrogens with two attached hydrogens (primary N) is 1. The Morgan fingerprint density at radius 3 is 2.15 bits per heavy atom. The van der Waals surface area contributed by atoms with E-state index in [1.807, 2.05) is 0 Å². The van der Waals surface area contributed by atoms with Crippen LogP contribution in [0.15, 0.2) is 24.3 Å². The van der Waals surface area contributed by atoms with Crippen LogP contribution < -0.4 is 5.73 Å². The molecule has 0 aliphatic heterocycles. The number of carboxylic acids is 1. The van der Waals surface area contributed by atoms with Crippen LogP contribution in [0.3, 0.4) is 0 Å². The third kappa shape index (κ3) is 8.60. The number of hydrogen-bond acceptors (Lipinski definition) is 4. The molecule has 5 nitrogen and oxygen atoms in total. The summed E-state index contributed by atoms with van der Waals surface area (Å²) in [7, 11) is 0. The molecule has 0 heterocycles. The van der Waals surface area contributed by atoms with Gasteiger partial charge in [0.15, 0.2) is 0 Å². The summed E-state index contributed by atoms with van der Waals surface area (Å²) in [6.45, 7) is 0.619. The number of aromatic hydroxyl groups is 1. The molecule has 0 radical (unpaired) electrons. The second kappa shape index (κ2) is 10.5. The average Bonchev–Trinajstić information content (AvgIpc) is 2.42. The highest BCUT2D eigenvalue weighted by Crippen LogP contribution is 2.10. The normalized spacial score (nSPS) is 10.3. The third-order valence-corrected chi connectivity index (χ3v) is 2.08. The standard InChI is InChI=1S/C9H11NO3.C6H6O/c10-8(9(12)13)5-6-1-3-7(11)4-2-6;1-3-5-7-6-4-2/h1-4,8,11H,5,10H2,(H,12,13);1-2H,5-6H2. The topological polar surface area (TPSA) is 92.8 Å². The summed E-state index contributed by atoms with van der Waals surface area (Å²) in [5.74, 6) is 3.71. The second-order valence-corrected chi connectivity index (χ2v) is 3.72. The van der Waals surface area contributed by atoms with Crippen LogP contribution in [0, 0.1) is 24.7 Å². The lowest BCUT2D eigenvalue weighted by atomic mass is 10.1. The number of carbonyl (C=O) groups is 1. The van der Waals surface area contributed by atoms with E-state index in [1.165, 1.54) is 12.1 Å². The van der Waals surface area contributed by atoms with Gasteiger partial charge in [0.25, 0.3) is 0 Å². The summed E-state index contributed by atoms with van der Waals surface area (Å²) in [5.41, 5.74) is 6.12. The fraction of sp³-hybridized carbons (Fsp3) is 0.267. The molecule has 1 atom stereocenters. The van der Waals surface area contributed by atoms with Gasteiger partial charge in [0, 0.05) is 0 Å². The van der Waals surface area contributed by atoms with Gasteiger partial charge in [-0.2, -0.15) is 0 Å². The molecule has 0 saturated heterocycles. The first-order valence-electron chi connectivity index (χ1n) is 5.72. The van der Waals surface area contributed by atoms with Crippen molar-refractivity contribution in [3.05, 3.63) is 29.8 Å². The van der Waals surface area contributed by atoms with E-state index in [0.717, 1.165) is 5.56 Å². The summed E-state index contributed by atoms with van der Waals surface area (Å²) >= 11 is 0. The summed E-state index contributed by atoms with van der Waals surface area (Å²) in [4.78, 5) is 10.4. The molecular formula is C15H17NO4. The maximum Gasteiger partial charge on any atom is 0.320 e. The van der Waals surface area contributed by atoms with Crippen LogP contribution in [0.25, 0.3) is 0 Å². The number of ether oxygens (including phenoxy) is 1. The zero-order valence-corrected chi connectivity index (χ0v) is 11.0. The SMILES string of the molecule is C#CCOCC#C.NC(Cc1ccc(O)cc1)C(=O)O. The molecule has 4 N–H and O–H groups in total. The fourth-order valence-electron chi connectivity index (χ4n) is 1.14. The van der Waals surface area contributed by atoms with E-state index >= 15 is 0 Å². The van der Waals surface area contributed by atoms with E-state index < -0.39 is 12.0 Å². The summed E-state index contributed by atoms with van der Waals surface area (Å²) in [6.07, 6.45) is 9.92. The molecule has 0 bridgehead atoms. The second-order valence-electron chi connectivity index (χ2n) is 3.72. The zero-order chi connectivity index (χ0) is 15.4. The molecule has 0 spiro atoms. The maximum atomic E-state index is 10.4. The van der Waals surface area contributed by atoms with Crippen molar-refractivity contribution >= 4 is 5.97 Å². The highest BCUT2D eigenvalue weighted by atomic mass is 16.5. The number of terminal acetylenes is 2. The maximum absolute atomic E-state index is 10.4. The Morgan fingerprint density at radius 2 is 1.75 bits per heavy atom. The van der Waals surface area contributed by atoms with E-state index in [0.29, 0.717) is 13.2 Å². The van der Waals surface area contributed by atoms with Crippen molar-refractivity contribution < 1.29 is 19.7 Å². The van der Waals surface area contributed by atoms with Crippen molar-refractivity contribution in [1.29, 1.82) is 0 Å². The lowest BCUT2D eigenvalue weighted by Gasteiger charge is -2.05. The van der Waals surface area contributed by atoms with E-state index in [1.54, 1.807) is 12.1 Å². The fourth-order valence-corrected chi connectivity index (χ4v) is 1.14. The number of carboxylic acid groups (broad SMARTS) is 1. The van der Waals surface area contributed by atoms with Crippen LogP contribution in [0.2, 0.25) is 0 Å². The predicted molar refractivity (Wildman–Crippen MR) is 75.9 cm³/mol. The largest absolute Gasteiger partial charge is 0.508 e. The Morgan fingerprint density at radius 1 is 1.25 bits per heavy atom. The third-order valence-electron chi connectivity index (χ3n) is 2.08. The molecule has 1 unspecified atom stereocenters. The molecule has 0 saturated carbocycles. The molecule has 1 rings (SSSR count). The highest BCUT2D eigenvalue weighted by molar-refractivity contribution is 5.73. The van der Waals surface area contributed by atoms with E-state index in [2.05, 4.69) is 16.6 Å². The minimum Gasteiger partial charge on any atom is -0.508 e. The monoisotopic (exact) mass is 275 g/mol. The van der Waals surface area contributed by atoms with Gasteiger partial charge in [0.1, 0.15) is 25.0 Å². The lowest BCUT2D eigenvalue weighted by Crippen LogP contribution is -2.32. The quantitative estimate of drug-likeness (QED) is 0.541. The van der Waals surface area contributed by atoms with Gasteiger partial charge in [-0.15, -0.1) is 12.8 Å². The number of hydrogen-bond donors (Lipinski definition) is 3. The molecule has 1 aromatic rings. The van der Waals surface area contributed by atoms with Gasteiger partial charge in [0.2, 0.25) is 0 Å². The average molecular weight is 275 g/mol. The molecule has 0 amide bonds. The van der Waals surface area contributed by atoms with Crippen molar-refractivity contribution in [1.82, 2.24) is 0 Å². The smallest absolute Gasteiger partial charge is 0.320 e. The van der Waals surface area contributed by atoms with Crippen molar-refractivity contribution in [2.24, 2.45) is 5.73 Å². The van der Waals surface area contributed by atoms with E-state index in [4.69, 9.17) is 28.8 Å². The first-order valence-corrected chi connectivity index (χ1v) is 5.72. The predicted octanol–water partition coefficient (Wildman–Crippen LogP) is 0.616. The summed E-state index contributed by atoms with van der Waals surface area (Å²) < 4.78 is 4.66. The van der Waals surface area contributed by atoms with Crippen LogP contribution >= 0.6 is 0 Å². The van der Waals surface area contributed by atoms with Crippen molar-refractivity contribution in [2.45, 2.75) is 12.5 Å². The van der Waals surface area contributed by atoms with Crippen molar-refractivity contribution in [2.75, 3.05) is 13.2 Å². The van der Waals surface area contributed by atoms with Gasteiger partial charge >= 0.3 is 5.97 Å². The molecule has 0 fully saturated rings. The van der Waals surface area contributed by atoms with Gasteiger partial charge in [0.05, 0.1) is 0 Å². The molecular weight excluding hydrogens is 258 g/mol. The number of benzene rings is 1. The van der Waals surface area contributed by atoms with Gasteiger partial charge in [-0.1, -0.05) is 24.0 Å². The van der Waals surface area contributed by atoms with Crippen molar-refractivity contribution in [3.63, 3.8) is 0 Å². The van der Waals surface area contributed by atoms with E-state index in [9.17, 15) is 4.79 Å². The lowest BCUT2D eigenvalue weighted by molar-refractivity contribution is -0.138. The molecule has 0 aliphatic carbocycles. The number of rotatable bonds is 5. The van der Waals surface area contributed by atoms with Gasteiger partial charge < -0.3 is 20.7 Å². The molecule has 106 valence electrons. The Bertz CT molecular complexity index is 468. The molecule has 1 aromatic carbocycles. The van der Waals surface area contributed by atoms with E-state index in [-0.39, 0.29) is 12.2 Å². The number of aliphatic carboxylic acids is 1. The van der Waals surface area contributed by atoms with Crippen LogP contribution in [0.1, 0.15) is 5.56 Å². The minimum absolute atomic E-state index is 0.160. The first kappa shape index (κ1) is 17.5. The molecule has 0 aromatic heterocycles. The van der Waals surface area contributed by atoms with Gasteiger partial charge in [-0.05, 0) is 24.1 Å². The molecule has 5 heteroatoms. The van der Waals surface area contributed by atoms with Crippen LogP contribution in [-0.4, -0.2) is 35.4 Å². The van der Waals surface area contributed by atoms with Crippen LogP contribution in [-0.2, 0) is 16.0 Å². The Hall–Kier alpha value is -2.47. The summed E-state index contributed by atoms with van der Waals surface area (Å²) in [6, 6.07) is 5.42. The minimum atomic E-state index is -1.02. The van der Waals surface area contributed by atoms with Crippen LogP contribution in [0.4, 0.5) is 0 Å². The Kier molecular flexibility index (Phi) is 9.16. The number of phenols is 1. The van der Waals surface area contributed by atoms with Crippen molar-refractivity contribution in [3.8, 4) is 30.4 Å². The van der Waals surface area contributed by atoms with Crippen LogP contribution in [0.5, 0.6) is 5.75 Å². The summed E-state index contributed by atoms with van der Waals surface area (Å²) in [5, 5.41) is 17.5. The Balaban J connectivity index is 0.000000441. The highest BCUT2D eigenvalue weighted by Gasteiger charge is 2.11. The molecule has 0 aliphatic rings. The zero-order valence-electron chi connectivity index (χ0n) is 11.0.